The van der Waals surface area contributed by atoms with Crippen molar-refractivity contribution >= 4 is 28.8 Å². The number of carbonyl (C=O) groups excluding carboxylic acids is 1. The third-order valence-electron chi connectivity index (χ3n) is 5.28. The molecule has 0 unspecified atom stereocenters. The molecule has 4 rings (SSSR count). The van der Waals surface area contributed by atoms with Crippen molar-refractivity contribution < 1.29 is 14.1 Å². The maximum absolute atomic E-state index is 13.7. The van der Waals surface area contributed by atoms with E-state index in [1.807, 2.05) is 29.2 Å². The lowest BCUT2D eigenvalue weighted by Gasteiger charge is -2.34. The van der Waals surface area contributed by atoms with E-state index < -0.39 is 0 Å². The van der Waals surface area contributed by atoms with E-state index in [-0.39, 0.29) is 11.9 Å². The first kappa shape index (κ1) is 20.1. The summed E-state index contributed by atoms with van der Waals surface area (Å²) in [6.07, 6.45) is 2.50. The molecule has 0 aliphatic carbocycles. The van der Waals surface area contributed by atoms with Crippen molar-refractivity contribution in [1.82, 2.24) is 10.1 Å². The number of aryl methyl sites for hydroxylation is 1. The normalized spacial score (nSPS) is 14.8. The van der Waals surface area contributed by atoms with Gasteiger partial charge in [-0.25, -0.2) is 0 Å². The number of hydrogen-bond donors (Lipinski definition) is 0. The van der Waals surface area contributed by atoms with Crippen LogP contribution in [-0.2, 0) is 11.2 Å². The van der Waals surface area contributed by atoms with Gasteiger partial charge in [-0.2, -0.15) is 0 Å². The van der Waals surface area contributed by atoms with Crippen molar-refractivity contribution in [2.45, 2.75) is 32.2 Å². The molecule has 3 heterocycles. The number of hydrogen-bond acceptors (Lipinski definition) is 5. The number of carbonyl (C=O) groups is 1. The van der Waals surface area contributed by atoms with Crippen LogP contribution in [0.1, 0.15) is 33.8 Å². The number of benzene rings is 1. The standard InChI is InChI=1S/C22H23ClN2O3S/c1-15-20(21(24-28-15)18-6-2-3-7-19(18)23)22(26)25(16-9-12-27-13-10-16)11-8-17-5-4-14-29-17/h2-7,14,16H,8-13H2,1H3. The molecule has 7 heteroatoms. The van der Waals surface area contributed by atoms with Gasteiger partial charge in [0.05, 0.1) is 5.02 Å². The molecule has 0 saturated carbocycles. The van der Waals surface area contributed by atoms with Crippen molar-refractivity contribution in [3.63, 3.8) is 0 Å². The highest BCUT2D eigenvalue weighted by Crippen LogP contribution is 2.32. The first-order chi connectivity index (χ1) is 14.1. The molecule has 1 fully saturated rings. The monoisotopic (exact) mass is 430 g/mol. The first-order valence-electron chi connectivity index (χ1n) is 9.77. The Morgan fingerprint density at radius 2 is 2.03 bits per heavy atom. The Morgan fingerprint density at radius 3 is 2.76 bits per heavy atom. The van der Waals surface area contributed by atoms with E-state index in [4.69, 9.17) is 20.9 Å². The summed E-state index contributed by atoms with van der Waals surface area (Å²) in [7, 11) is 0. The van der Waals surface area contributed by atoms with E-state index in [1.165, 1.54) is 4.88 Å². The molecule has 0 bridgehead atoms. The summed E-state index contributed by atoms with van der Waals surface area (Å²) in [4.78, 5) is 17.0. The summed E-state index contributed by atoms with van der Waals surface area (Å²) in [5.41, 5.74) is 1.71. The van der Waals surface area contributed by atoms with Crippen LogP contribution in [0.5, 0.6) is 0 Å². The zero-order valence-corrected chi connectivity index (χ0v) is 17.8. The molecule has 0 N–H and O–H groups in total. The topological polar surface area (TPSA) is 55.6 Å². The summed E-state index contributed by atoms with van der Waals surface area (Å²) >= 11 is 8.09. The van der Waals surface area contributed by atoms with Crippen LogP contribution in [0.3, 0.4) is 0 Å². The lowest BCUT2D eigenvalue weighted by atomic mass is 10.0. The van der Waals surface area contributed by atoms with E-state index in [0.717, 1.165) is 19.3 Å². The molecule has 29 heavy (non-hydrogen) atoms. The quantitative estimate of drug-likeness (QED) is 0.537. The zero-order valence-electron chi connectivity index (χ0n) is 16.3. The van der Waals surface area contributed by atoms with Gasteiger partial charge in [0.15, 0.2) is 0 Å². The molecule has 0 radical (unpaired) electrons. The van der Waals surface area contributed by atoms with Crippen molar-refractivity contribution in [3.05, 3.63) is 63.0 Å². The van der Waals surface area contributed by atoms with Gasteiger partial charge in [0.25, 0.3) is 5.91 Å². The zero-order chi connectivity index (χ0) is 20.2. The Bertz CT molecular complexity index is 964. The molecule has 1 amide bonds. The van der Waals surface area contributed by atoms with Crippen molar-refractivity contribution in [2.24, 2.45) is 0 Å². The number of rotatable bonds is 6. The number of aromatic nitrogens is 1. The highest BCUT2D eigenvalue weighted by atomic mass is 35.5. The van der Waals surface area contributed by atoms with Crippen LogP contribution >= 0.6 is 22.9 Å². The van der Waals surface area contributed by atoms with Gasteiger partial charge in [-0.05, 0) is 43.7 Å². The lowest BCUT2D eigenvalue weighted by molar-refractivity contribution is 0.0293. The van der Waals surface area contributed by atoms with Crippen LogP contribution in [0.15, 0.2) is 46.3 Å². The predicted molar refractivity (Wildman–Crippen MR) is 115 cm³/mol. The van der Waals surface area contributed by atoms with E-state index >= 15 is 0 Å². The Balaban J connectivity index is 1.67. The first-order valence-corrected chi connectivity index (χ1v) is 11.0. The Hall–Kier alpha value is -2.15. The van der Waals surface area contributed by atoms with E-state index in [1.54, 1.807) is 24.3 Å². The van der Waals surface area contributed by atoms with Gasteiger partial charge in [0.2, 0.25) is 0 Å². The van der Waals surface area contributed by atoms with Gasteiger partial charge in [0, 0.05) is 36.2 Å². The highest BCUT2D eigenvalue weighted by molar-refractivity contribution is 7.09. The Morgan fingerprint density at radius 1 is 1.24 bits per heavy atom. The van der Waals surface area contributed by atoms with Crippen LogP contribution in [0, 0.1) is 6.92 Å². The smallest absolute Gasteiger partial charge is 0.260 e. The second-order valence-electron chi connectivity index (χ2n) is 7.11. The molecule has 5 nitrogen and oxygen atoms in total. The average molecular weight is 431 g/mol. The fraction of sp³-hybridized carbons (Fsp3) is 0.364. The van der Waals surface area contributed by atoms with Gasteiger partial charge in [0.1, 0.15) is 17.0 Å². The number of thiophene rings is 1. The van der Waals surface area contributed by atoms with Gasteiger partial charge in [-0.1, -0.05) is 41.0 Å². The van der Waals surface area contributed by atoms with Gasteiger partial charge in [-0.3, -0.25) is 4.79 Å². The fourth-order valence-corrected chi connectivity index (χ4v) is 4.66. The molecule has 1 aliphatic heterocycles. The summed E-state index contributed by atoms with van der Waals surface area (Å²) in [5, 5.41) is 6.79. The average Bonchev–Trinajstić information content (AvgIpc) is 3.39. The Labute approximate surface area is 179 Å². The van der Waals surface area contributed by atoms with Crippen LogP contribution in [0.2, 0.25) is 5.02 Å². The van der Waals surface area contributed by atoms with Crippen LogP contribution < -0.4 is 0 Å². The molecule has 3 aromatic rings. The van der Waals surface area contributed by atoms with Gasteiger partial charge in [-0.15, -0.1) is 11.3 Å². The number of nitrogens with zero attached hydrogens (tertiary/aromatic N) is 2. The molecular weight excluding hydrogens is 408 g/mol. The van der Waals surface area contributed by atoms with Crippen molar-refractivity contribution in [2.75, 3.05) is 19.8 Å². The van der Waals surface area contributed by atoms with Crippen molar-refractivity contribution in [3.8, 4) is 11.3 Å². The summed E-state index contributed by atoms with van der Waals surface area (Å²) < 4.78 is 11.0. The van der Waals surface area contributed by atoms with Crippen molar-refractivity contribution in [1.29, 1.82) is 0 Å². The van der Waals surface area contributed by atoms with E-state index in [2.05, 4.69) is 16.6 Å². The number of halogens is 1. The SMILES string of the molecule is Cc1onc(-c2ccccc2Cl)c1C(=O)N(CCc1cccs1)C1CCOCC1. The third kappa shape index (κ3) is 4.39. The number of amides is 1. The van der Waals surface area contributed by atoms with Crippen LogP contribution in [-0.4, -0.2) is 41.8 Å². The molecule has 1 saturated heterocycles. The second kappa shape index (κ2) is 9.11. The second-order valence-corrected chi connectivity index (χ2v) is 8.55. The molecule has 1 aliphatic rings. The minimum Gasteiger partial charge on any atom is -0.381 e. The number of ether oxygens (including phenoxy) is 1. The third-order valence-corrected chi connectivity index (χ3v) is 6.54. The summed E-state index contributed by atoms with van der Waals surface area (Å²) in [5.74, 6) is 0.459. The Kier molecular flexibility index (Phi) is 6.33. The fourth-order valence-electron chi connectivity index (χ4n) is 3.74. The highest BCUT2D eigenvalue weighted by Gasteiger charge is 2.32. The maximum Gasteiger partial charge on any atom is 0.260 e. The van der Waals surface area contributed by atoms with Gasteiger partial charge < -0.3 is 14.2 Å². The van der Waals surface area contributed by atoms with Gasteiger partial charge >= 0.3 is 0 Å². The molecule has 0 spiro atoms. The van der Waals surface area contributed by atoms with Crippen LogP contribution in [0.4, 0.5) is 0 Å². The molecule has 152 valence electrons. The lowest BCUT2D eigenvalue weighted by Crippen LogP contribution is -2.44. The molecular formula is C22H23ClN2O3S. The maximum atomic E-state index is 13.7. The summed E-state index contributed by atoms with van der Waals surface area (Å²) in [6, 6.07) is 11.7. The van der Waals surface area contributed by atoms with E-state index in [0.29, 0.717) is 47.4 Å². The largest absolute Gasteiger partial charge is 0.381 e. The molecule has 2 aromatic heterocycles. The minimum atomic E-state index is -0.0536. The van der Waals surface area contributed by atoms with E-state index in [9.17, 15) is 4.79 Å². The van der Waals surface area contributed by atoms with Crippen LogP contribution in [0.25, 0.3) is 11.3 Å². The molecule has 0 atom stereocenters. The summed E-state index contributed by atoms with van der Waals surface area (Å²) in [6.45, 7) is 3.78. The molecule has 1 aromatic carbocycles. The minimum absolute atomic E-state index is 0.0536. The predicted octanol–water partition coefficient (Wildman–Crippen LogP) is 5.23.